The molecule has 1 aromatic rings. The van der Waals surface area contributed by atoms with E-state index in [1.54, 1.807) is 6.92 Å². The van der Waals surface area contributed by atoms with E-state index in [0.29, 0.717) is 12.4 Å². The van der Waals surface area contributed by atoms with Crippen LogP contribution in [0.25, 0.3) is 0 Å². The van der Waals surface area contributed by atoms with Crippen LogP contribution in [0.1, 0.15) is 51.4 Å². The van der Waals surface area contributed by atoms with Gasteiger partial charge in [-0.2, -0.15) is 0 Å². The minimum atomic E-state index is -0.287. The Bertz CT molecular complexity index is 475. The van der Waals surface area contributed by atoms with Crippen LogP contribution in [0.5, 0.6) is 0 Å². The van der Waals surface area contributed by atoms with Crippen molar-refractivity contribution in [2.45, 2.75) is 47.0 Å². The summed E-state index contributed by atoms with van der Waals surface area (Å²) in [5.41, 5.74) is 0.914. The number of esters is 1. The highest BCUT2D eigenvalue weighted by Crippen LogP contribution is 2.23. The predicted molar refractivity (Wildman–Crippen MR) is 84.8 cm³/mol. The van der Waals surface area contributed by atoms with Crippen LogP contribution in [-0.2, 0) is 9.53 Å². The van der Waals surface area contributed by atoms with Gasteiger partial charge in [-0.25, -0.2) is 9.97 Å². The minimum Gasteiger partial charge on any atom is -0.465 e. The van der Waals surface area contributed by atoms with E-state index >= 15 is 0 Å². The monoisotopic (exact) mass is 294 g/mol. The summed E-state index contributed by atoms with van der Waals surface area (Å²) in [6, 6.07) is 0. The minimum absolute atomic E-state index is 0.108. The number of rotatable bonds is 8. The van der Waals surface area contributed by atoms with Crippen molar-refractivity contribution in [3.05, 3.63) is 11.4 Å². The van der Waals surface area contributed by atoms with E-state index in [4.69, 9.17) is 4.74 Å². The summed E-state index contributed by atoms with van der Waals surface area (Å²) < 4.78 is 4.92. The Morgan fingerprint density at radius 1 is 1.19 bits per heavy atom. The molecule has 2 N–H and O–H groups in total. The van der Waals surface area contributed by atoms with Gasteiger partial charge in [0, 0.05) is 18.0 Å². The summed E-state index contributed by atoms with van der Waals surface area (Å²) in [5.74, 6) is 2.19. The highest BCUT2D eigenvalue weighted by molar-refractivity contribution is 5.75. The standard InChI is InChI=1S/C15H26N4O2/c1-6-8-16-14-11(5)15(17-9-12(20)21-7-2)19-13(18-14)10(3)4/h10H,6-9H2,1-5H3,(H2,16,17,18,19). The Kier molecular flexibility index (Phi) is 6.91. The first-order valence-corrected chi connectivity index (χ1v) is 7.51. The molecular weight excluding hydrogens is 268 g/mol. The van der Waals surface area contributed by atoms with E-state index in [1.165, 1.54) is 0 Å². The highest BCUT2D eigenvalue weighted by atomic mass is 16.5. The average Bonchev–Trinajstić information content (AvgIpc) is 2.45. The van der Waals surface area contributed by atoms with Crippen molar-refractivity contribution in [3.63, 3.8) is 0 Å². The van der Waals surface area contributed by atoms with Gasteiger partial charge in [0.25, 0.3) is 0 Å². The maximum absolute atomic E-state index is 11.5. The number of anilines is 2. The van der Waals surface area contributed by atoms with Crippen molar-refractivity contribution < 1.29 is 9.53 Å². The number of hydrogen-bond acceptors (Lipinski definition) is 6. The molecule has 118 valence electrons. The summed E-state index contributed by atoms with van der Waals surface area (Å²) in [6.07, 6.45) is 1.02. The first-order valence-electron chi connectivity index (χ1n) is 7.51. The second-order valence-corrected chi connectivity index (χ2v) is 5.14. The lowest BCUT2D eigenvalue weighted by atomic mass is 10.2. The molecule has 21 heavy (non-hydrogen) atoms. The molecule has 0 fully saturated rings. The van der Waals surface area contributed by atoms with Crippen molar-refractivity contribution >= 4 is 17.6 Å². The number of aromatic nitrogens is 2. The quantitative estimate of drug-likeness (QED) is 0.718. The Labute approximate surface area is 126 Å². The molecule has 1 aromatic heterocycles. The zero-order chi connectivity index (χ0) is 15.8. The lowest BCUT2D eigenvalue weighted by Crippen LogP contribution is -2.19. The molecule has 0 spiro atoms. The van der Waals surface area contributed by atoms with Gasteiger partial charge in [0.15, 0.2) is 0 Å². The van der Waals surface area contributed by atoms with Gasteiger partial charge in [-0.15, -0.1) is 0 Å². The summed E-state index contributed by atoms with van der Waals surface area (Å²) in [6.45, 7) is 11.3. The van der Waals surface area contributed by atoms with Gasteiger partial charge in [-0.3, -0.25) is 4.79 Å². The molecule has 6 heteroatoms. The van der Waals surface area contributed by atoms with Crippen molar-refractivity contribution in [2.75, 3.05) is 30.3 Å². The molecule has 0 saturated carbocycles. The third-order valence-electron chi connectivity index (χ3n) is 2.93. The maximum atomic E-state index is 11.5. The van der Waals surface area contributed by atoms with Crippen LogP contribution in [-0.4, -0.2) is 35.6 Å². The lowest BCUT2D eigenvalue weighted by molar-refractivity contribution is -0.140. The van der Waals surface area contributed by atoms with Crippen LogP contribution in [0, 0.1) is 6.92 Å². The number of carbonyl (C=O) groups is 1. The fourth-order valence-electron chi connectivity index (χ4n) is 1.75. The van der Waals surface area contributed by atoms with Gasteiger partial charge in [0.2, 0.25) is 0 Å². The molecule has 0 saturated heterocycles. The van der Waals surface area contributed by atoms with Crippen LogP contribution in [0.2, 0.25) is 0 Å². The smallest absolute Gasteiger partial charge is 0.325 e. The van der Waals surface area contributed by atoms with Gasteiger partial charge < -0.3 is 15.4 Å². The van der Waals surface area contributed by atoms with Gasteiger partial charge >= 0.3 is 5.97 Å². The molecule has 0 aromatic carbocycles. The maximum Gasteiger partial charge on any atom is 0.325 e. The molecule has 0 amide bonds. The van der Waals surface area contributed by atoms with E-state index in [0.717, 1.165) is 30.2 Å². The summed E-state index contributed by atoms with van der Waals surface area (Å²) in [7, 11) is 0. The second-order valence-electron chi connectivity index (χ2n) is 5.14. The van der Waals surface area contributed by atoms with E-state index in [-0.39, 0.29) is 18.4 Å². The SMILES string of the molecule is CCCNc1nc(C(C)C)nc(NCC(=O)OCC)c1C. The fourth-order valence-corrected chi connectivity index (χ4v) is 1.75. The molecule has 1 rings (SSSR count). The largest absolute Gasteiger partial charge is 0.465 e. The van der Waals surface area contributed by atoms with Crippen LogP contribution in [0.4, 0.5) is 11.6 Å². The topological polar surface area (TPSA) is 76.1 Å². The van der Waals surface area contributed by atoms with Gasteiger partial charge in [-0.1, -0.05) is 20.8 Å². The van der Waals surface area contributed by atoms with Gasteiger partial charge in [0.1, 0.15) is 24.0 Å². The molecule has 0 radical (unpaired) electrons. The first kappa shape index (κ1) is 17.2. The van der Waals surface area contributed by atoms with Crippen molar-refractivity contribution in [3.8, 4) is 0 Å². The highest BCUT2D eigenvalue weighted by Gasteiger charge is 2.13. The lowest BCUT2D eigenvalue weighted by Gasteiger charge is -2.16. The molecule has 0 aliphatic heterocycles. The molecule has 1 heterocycles. The Hall–Kier alpha value is -1.85. The van der Waals surface area contributed by atoms with E-state index < -0.39 is 0 Å². The second kappa shape index (κ2) is 8.44. The molecule has 0 bridgehead atoms. The predicted octanol–water partition coefficient (Wildman–Crippen LogP) is 2.71. The van der Waals surface area contributed by atoms with Crippen LogP contribution in [0.3, 0.4) is 0 Å². The number of hydrogen-bond donors (Lipinski definition) is 2. The third-order valence-corrected chi connectivity index (χ3v) is 2.93. The van der Waals surface area contributed by atoms with Crippen molar-refractivity contribution in [1.29, 1.82) is 0 Å². The molecule has 6 nitrogen and oxygen atoms in total. The van der Waals surface area contributed by atoms with Gasteiger partial charge in [0.05, 0.1) is 6.61 Å². The molecule has 0 aliphatic carbocycles. The van der Waals surface area contributed by atoms with Gasteiger partial charge in [-0.05, 0) is 20.3 Å². The van der Waals surface area contributed by atoms with Crippen LogP contribution >= 0.6 is 0 Å². The summed E-state index contributed by atoms with van der Waals surface area (Å²) in [5, 5.41) is 6.35. The van der Waals surface area contributed by atoms with E-state index in [9.17, 15) is 4.79 Å². The number of carbonyl (C=O) groups excluding carboxylic acids is 1. The van der Waals surface area contributed by atoms with Crippen LogP contribution < -0.4 is 10.6 Å². The first-order chi connectivity index (χ1) is 9.99. The van der Waals surface area contributed by atoms with Crippen LogP contribution in [0.15, 0.2) is 0 Å². The van der Waals surface area contributed by atoms with E-state index in [1.807, 2.05) is 20.8 Å². The molecule has 0 unspecified atom stereocenters. The average molecular weight is 294 g/mol. The van der Waals surface area contributed by atoms with Crippen molar-refractivity contribution in [1.82, 2.24) is 9.97 Å². The molecule has 0 atom stereocenters. The Balaban J connectivity index is 2.94. The molecular formula is C15H26N4O2. The van der Waals surface area contributed by atoms with E-state index in [2.05, 4.69) is 27.5 Å². The Morgan fingerprint density at radius 2 is 1.81 bits per heavy atom. The third kappa shape index (κ3) is 5.21. The number of ether oxygens (including phenoxy) is 1. The fraction of sp³-hybridized carbons (Fsp3) is 0.667. The Morgan fingerprint density at radius 3 is 2.33 bits per heavy atom. The number of nitrogens with zero attached hydrogens (tertiary/aromatic N) is 2. The zero-order valence-corrected chi connectivity index (χ0v) is 13.6. The molecule has 0 aliphatic rings. The van der Waals surface area contributed by atoms with Crippen molar-refractivity contribution in [2.24, 2.45) is 0 Å². The normalized spacial score (nSPS) is 10.6. The summed E-state index contributed by atoms with van der Waals surface area (Å²) in [4.78, 5) is 20.5. The zero-order valence-electron chi connectivity index (χ0n) is 13.6. The summed E-state index contributed by atoms with van der Waals surface area (Å²) >= 11 is 0. The number of nitrogens with one attached hydrogen (secondary N) is 2.